The van der Waals surface area contributed by atoms with Crippen molar-refractivity contribution < 1.29 is 9.21 Å². The van der Waals surface area contributed by atoms with Gasteiger partial charge in [0.25, 0.3) is 0 Å². The molecular formula is C17H25N5O2. The Balaban J connectivity index is 1.71. The molecule has 0 bridgehead atoms. The molecule has 1 aliphatic heterocycles. The zero-order chi connectivity index (χ0) is 17.1. The number of likely N-dealkylation sites (tertiary alicyclic amines) is 1. The van der Waals surface area contributed by atoms with Crippen LogP contribution in [-0.2, 0) is 11.3 Å². The minimum Gasteiger partial charge on any atom is -0.423 e. The molecule has 130 valence electrons. The molecule has 2 aromatic rings. The molecule has 1 saturated heterocycles. The number of hydrogen-bond donors (Lipinski definition) is 0. The molecule has 0 N–H and O–H groups in total. The molecule has 0 aliphatic carbocycles. The normalized spacial score (nSPS) is 18.6. The molecule has 3 rings (SSSR count). The molecule has 0 aromatic carbocycles. The van der Waals surface area contributed by atoms with Gasteiger partial charge >= 0.3 is 0 Å². The maximum absolute atomic E-state index is 12.8. The average molecular weight is 331 g/mol. The Bertz CT molecular complexity index is 706. The number of aromatic nitrogens is 4. The standard InChI is InChI=1S/C17H25N5O2/c1-12-11-13(2)22(20-12)10-8-16(23)21-9-6-4-5-7-15(21)17-19-18-14(3)24-17/h11,15H,4-10H2,1-3H3. The zero-order valence-corrected chi connectivity index (χ0v) is 14.7. The fraction of sp³-hybridized carbons (Fsp3) is 0.647. The highest BCUT2D eigenvalue weighted by Gasteiger charge is 2.30. The average Bonchev–Trinajstić information content (AvgIpc) is 3.01. The van der Waals surface area contributed by atoms with Crippen LogP contribution in [0.3, 0.4) is 0 Å². The van der Waals surface area contributed by atoms with Gasteiger partial charge in [-0.3, -0.25) is 9.48 Å². The predicted molar refractivity (Wildman–Crippen MR) is 88.3 cm³/mol. The summed E-state index contributed by atoms with van der Waals surface area (Å²) in [7, 11) is 0. The van der Waals surface area contributed by atoms with Crippen molar-refractivity contribution in [2.75, 3.05) is 6.54 Å². The van der Waals surface area contributed by atoms with E-state index in [1.807, 2.05) is 29.5 Å². The van der Waals surface area contributed by atoms with Crippen LogP contribution in [0.25, 0.3) is 0 Å². The van der Waals surface area contributed by atoms with E-state index in [1.165, 1.54) is 0 Å². The highest BCUT2D eigenvalue weighted by atomic mass is 16.4. The van der Waals surface area contributed by atoms with E-state index in [4.69, 9.17) is 4.42 Å². The summed E-state index contributed by atoms with van der Waals surface area (Å²) in [6.07, 6.45) is 4.55. The van der Waals surface area contributed by atoms with Crippen LogP contribution >= 0.6 is 0 Å². The van der Waals surface area contributed by atoms with Gasteiger partial charge in [0, 0.05) is 32.1 Å². The molecule has 3 heterocycles. The molecule has 1 amide bonds. The number of carbonyl (C=O) groups is 1. The van der Waals surface area contributed by atoms with Crippen LogP contribution in [0.1, 0.15) is 61.3 Å². The lowest BCUT2D eigenvalue weighted by molar-refractivity contribution is -0.134. The van der Waals surface area contributed by atoms with Crippen LogP contribution in [0.4, 0.5) is 0 Å². The number of aryl methyl sites for hydroxylation is 4. The van der Waals surface area contributed by atoms with Crippen molar-refractivity contribution in [3.05, 3.63) is 29.2 Å². The summed E-state index contributed by atoms with van der Waals surface area (Å²) in [5.41, 5.74) is 2.06. The van der Waals surface area contributed by atoms with E-state index in [1.54, 1.807) is 6.92 Å². The van der Waals surface area contributed by atoms with E-state index in [2.05, 4.69) is 15.3 Å². The van der Waals surface area contributed by atoms with Gasteiger partial charge in [-0.2, -0.15) is 5.10 Å². The van der Waals surface area contributed by atoms with Gasteiger partial charge in [0.05, 0.1) is 5.69 Å². The summed E-state index contributed by atoms with van der Waals surface area (Å²) < 4.78 is 7.51. The molecule has 1 unspecified atom stereocenters. The highest BCUT2D eigenvalue weighted by Crippen LogP contribution is 2.29. The number of amides is 1. The third-order valence-corrected chi connectivity index (χ3v) is 4.54. The smallest absolute Gasteiger partial charge is 0.238 e. The second kappa shape index (κ2) is 7.15. The zero-order valence-electron chi connectivity index (χ0n) is 14.7. The van der Waals surface area contributed by atoms with Gasteiger partial charge in [-0.25, -0.2) is 0 Å². The van der Waals surface area contributed by atoms with Gasteiger partial charge in [0.1, 0.15) is 6.04 Å². The van der Waals surface area contributed by atoms with E-state index in [9.17, 15) is 4.79 Å². The number of rotatable bonds is 4. The summed E-state index contributed by atoms with van der Waals surface area (Å²) >= 11 is 0. The number of carbonyl (C=O) groups excluding carboxylic acids is 1. The molecule has 0 radical (unpaired) electrons. The SMILES string of the molecule is Cc1cc(C)n(CCC(=O)N2CCCCCC2c2nnc(C)o2)n1. The van der Waals surface area contributed by atoms with Crippen LogP contribution in [0.15, 0.2) is 10.5 Å². The Labute approximate surface area is 142 Å². The fourth-order valence-electron chi connectivity index (χ4n) is 3.36. The third kappa shape index (κ3) is 3.66. The largest absolute Gasteiger partial charge is 0.423 e. The summed E-state index contributed by atoms with van der Waals surface area (Å²) in [4.78, 5) is 14.8. The van der Waals surface area contributed by atoms with Gasteiger partial charge < -0.3 is 9.32 Å². The summed E-state index contributed by atoms with van der Waals surface area (Å²) in [5, 5.41) is 12.5. The first-order chi connectivity index (χ1) is 11.5. The lowest BCUT2D eigenvalue weighted by Crippen LogP contribution is -2.35. The molecule has 7 nitrogen and oxygen atoms in total. The van der Waals surface area contributed by atoms with Gasteiger partial charge in [-0.1, -0.05) is 12.8 Å². The second-order valence-electron chi connectivity index (χ2n) is 6.51. The molecule has 0 spiro atoms. The van der Waals surface area contributed by atoms with Crippen molar-refractivity contribution in [3.8, 4) is 0 Å². The van der Waals surface area contributed by atoms with E-state index in [0.717, 1.165) is 43.6 Å². The van der Waals surface area contributed by atoms with E-state index in [0.29, 0.717) is 24.7 Å². The Morgan fingerprint density at radius 2 is 2.08 bits per heavy atom. The van der Waals surface area contributed by atoms with E-state index in [-0.39, 0.29) is 11.9 Å². The van der Waals surface area contributed by atoms with E-state index >= 15 is 0 Å². The van der Waals surface area contributed by atoms with Crippen molar-refractivity contribution in [1.29, 1.82) is 0 Å². The minimum absolute atomic E-state index is 0.0957. The van der Waals surface area contributed by atoms with Crippen LogP contribution in [0.5, 0.6) is 0 Å². The summed E-state index contributed by atoms with van der Waals surface area (Å²) in [5.74, 6) is 1.24. The first-order valence-corrected chi connectivity index (χ1v) is 8.65. The first kappa shape index (κ1) is 16.7. The van der Waals surface area contributed by atoms with Crippen LogP contribution in [-0.4, -0.2) is 37.3 Å². The maximum Gasteiger partial charge on any atom is 0.238 e. The Kier molecular flexibility index (Phi) is 4.97. The topological polar surface area (TPSA) is 77.0 Å². The molecule has 1 atom stereocenters. The lowest BCUT2D eigenvalue weighted by atomic mass is 10.1. The van der Waals surface area contributed by atoms with Crippen LogP contribution in [0, 0.1) is 20.8 Å². The quantitative estimate of drug-likeness (QED) is 0.861. The van der Waals surface area contributed by atoms with Crippen LogP contribution < -0.4 is 0 Å². The number of hydrogen-bond acceptors (Lipinski definition) is 5. The molecule has 24 heavy (non-hydrogen) atoms. The first-order valence-electron chi connectivity index (χ1n) is 8.65. The molecule has 1 aliphatic rings. The van der Waals surface area contributed by atoms with Crippen molar-refractivity contribution in [2.45, 2.75) is 65.5 Å². The predicted octanol–water partition coefficient (Wildman–Crippen LogP) is 2.73. The summed E-state index contributed by atoms with van der Waals surface area (Å²) in [6, 6.07) is 1.93. The molecule has 2 aromatic heterocycles. The molecular weight excluding hydrogens is 306 g/mol. The van der Waals surface area contributed by atoms with Crippen molar-refractivity contribution in [3.63, 3.8) is 0 Å². The second-order valence-corrected chi connectivity index (χ2v) is 6.51. The number of nitrogens with zero attached hydrogens (tertiary/aromatic N) is 5. The Morgan fingerprint density at radius 3 is 2.75 bits per heavy atom. The molecule has 1 fully saturated rings. The molecule has 0 saturated carbocycles. The van der Waals surface area contributed by atoms with Gasteiger partial charge in [-0.05, 0) is 32.8 Å². The van der Waals surface area contributed by atoms with E-state index < -0.39 is 0 Å². The summed E-state index contributed by atoms with van der Waals surface area (Å²) in [6.45, 7) is 7.11. The highest BCUT2D eigenvalue weighted by molar-refractivity contribution is 5.76. The van der Waals surface area contributed by atoms with Crippen molar-refractivity contribution in [2.24, 2.45) is 0 Å². The van der Waals surface area contributed by atoms with Crippen molar-refractivity contribution >= 4 is 5.91 Å². The van der Waals surface area contributed by atoms with Gasteiger partial charge in [0.2, 0.25) is 17.7 Å². The molecule has 7 heteroatoms. The Hall–Kier alpha value is -2.18. The third-order valence-electron chi connectivity index (χ3n) is 4.54. The Morgan fingerprint density at radius 1 is 1.25 bits per heavy atom. The van der Waals surface area contributed by atoms with Gasteiger partial charge in [-0.15, -0.1) is 10.2 Å². The van der Waals surface area contributed by atoms with Crippen LogP contribution in [0.2, 0.25) is 0 Å². The monoisotopic (exact) mass is 331 g/mol. The van der Waals surface area contributed by atoms with Crippen molar-refractivity contribution in [1.82, 2.24) is 24.9 Å². The minimum atomic E-state index is -0.0957. The lowest BCUT2D eigenvalue weighted by Gasteiger charge is -2.27. The van der Waals surface area contributed by atoms with Gasteiger partial charge in [0.15, 0.2) is 0 Å². The maximum atomic E-state index is 12.8. The fourth-order valence-corrected chi connectivity index (χ4v) is 3.36.